The fraction of sp³-hybridized carbons (Fsp3) is 0.636. The van der Waals surface area contributed by atoms with E-state index in [4.69, 9.17) is 4.74 Å². The van der Waals surface area contributed by atoms with Crippen molar-refractivity contribution in [3.63, 3.8) is 0 Å². The lowest BCUT2D eigenvalue weighted by molar-refractivity contribution is -0.125. The van der Waals surface area contributed by atoms with Crippen LogP contribution in [0.1, 0.15) is 55.3 Å². The maximum Gasteiger partial charge on any atom is 0.253 e. The Morgan fingerprint density at radius 2 is 1.82 bits per heavy atom. The topological polar surface area (TPSA) is 70.7 Å². The van der Waals surface area contributed by atoms with E-state index < -0.39 is 0 Å². The number of anilines is 1. The number of para-hydroxylation sites is 1. The van der Waals surface area contributed by atoms with Gasteiger partial charge in [0.1, 0.15) is 0 Å². The lowest BCUT2D eigenvalue weighted by atomic mass is 10.0. The van der Waals surface area contributed by atoms with Crippen LogP contribution in [-0.2, 0) is 9.53 Å². The summed E-state index contributed by atoms with van der Waals surface area (Å²) < 4.78 is 5.03. The van der Waals surface area contributed by atoms with Crippen molar-refractivity contribution in [2.45, 2.75) is 51.0 Å². The molecule has 2 fully saturated rings. The van der Waals surface area contributed by atoms with Gasteiger partial charge in [-0.1, -0.05) is 25.0 Å². The van der Waals surface area contributed by atoms with E-state index in [2.05, 4.69) is 15.5 Å². The summed E-state index contributed by atoms with van der Waals surface area (Å²) in [5.41, 5.74) is 1.70. The van der Waals surface area contributed by atoms with E-state index in [1.54, 1.807) is 7.11 Å². The molecule has 2 amide bonds. The predicted molar refractivity (Wildman–Crippen MR) is 111 cm³/mol. The molecule has 0 unspecified atom stereocenters. The van der Waals surface area contributed by atoms with Gasteiger partial charge in [0.05, 0.1) is 5.56 Å². The van der Waals surface area contributed by atoms with Crippen LogP contribution in [-0.4, -0.2) is 51.2 Å². The second-order valence-electron chi connectivity index (χ2n) is 7.87. The van der Waals surface area contributed by atoms with Gasteiger partial charge in [-0.2, -0.15) is 0 Å². The highest BCUT2D eigenvalue weighted by atomic mass is 16.5. The molecule has 154 valence electrons. The number of amides is 2. The molecule has 1 saturated heterocycles. The molecule has 0 bridgehead atoms. The van der Waals surface area contributed by atoms with E-state index in [9.17, 15) is 9.59 Å². The third kappa shape index (κ3) is 5.47. The molecule has 1 aromatic rings. The zero-order valence-electron chi connectivity index (χ0n) is 16.9. The van der Waals surface area contributed by atoms with Crippen molar-refractivity contribution in [3.8, 4) is 0 Å². The van der Waals surface area contributed by atoms with E-state index in [1.165, 1.54) is 12.8 Å². The molecule has 1 saturated carbocycles. The first kappa shape index (κ1) is 20.6. The Labute approximate surface area is 168 Å². The zero-order valence-corrected chi connectivity index (χ0v) is 16.9. The van der Waals surface area contributed by atoms with Crippen LogP contribution in [0.2, 0.25) is 0 Å². The minimum Gasteiger partial charge on any atom is -0.385 e. The van der Waals surface area contributed by atoms with Crippen molar-refractivity contribution in [2.24, 2.45) is 5.92 Å². The number of methoxy groups -OCH3 is 1. The summed E-state index contributed by atoms with van der Waals surface area (Å²) >= 11 is 0. The van der Waals surface area contributed by atoms with Crippen LogP contribution in [0.4, 0.5) is 5.69 Å². The highest BCUT2D eigenvalue weighted by Crippen LogP contribution is 2.27. The first-order chi connectivity index (χ1) is 13.7. The third-order valence-corrected chi connectivity index (χ3v) is 5.87. The van der Waals surface area contributed by atoms with Gasteiger partial charge in [0.2, 0.25) is 5.91 Å². The summed E-state index contributed by atoms with van der Waals surface area (Å²) in [6.45, 7) is 2.95. The number of rotatable bonds is 8. The second-order valence-corrected chi connectivity index (χ2v) is 7.87. The number of hydrogen-bond donors (Lipinski definition) is 2. The molecule has 1 heterocycles. The number of carbonyl (C=O) groups is 2. The molecular formula is C22H33N3O3. The van der Waals surface area contributed by atoms with Crippen LogP contribution in [0.25, 0.3) is 0 Å². The van der Waals surface area contributed by atoms with Gasteiger partial charge in [-0.05, 0) is 44.2 Å². The number of piperidine rings is 1. The average Bonchev–Trinajstić information content (AvgIpc) is 3.27. The summed E-state index contributed by atoms with van der Waals surface area (Å²) in [5.74, 6) is 0.427. The van der Waals surface area contributed by atoms with Crippen LogP contribution in [0.3, 0.4) is 0 Å². The van der Waals surface area contributed by atoms with Gasteiger partial charge in [-0.15, -0.1) is 0 Å². The Bertz CT molecular complexity index is 650. The number of benzene rings is 1. The van der Waals surface area contributed by atoms with Gasteiger partial charge in [0.15, 0.2) is 0 Å². The Morgan fingerprint density at radius 3 is 2.54 bits per heavy atom. The molecule has 1 aromatic carbocycles. The molecule has 2 N–H and O–H groups in total. The standard InChI is InChI=1S/C22H33N3O3/c1-28-16-6-13-23-22(27)19-9-4-5-10-20(19)25-14-11-18(12-15-25)24-21(26)17-7-2-3-8-17/h4-5,9-10,17-18H,2-3,6-8,11-16H2,1H3,(H,23,27)(H,24,26). The Hall–Kier alpha value is -2.08. The number of nitrogens with zero attached hydrogens (tertiary/aromatic N) is 1. The molecule has 2 aliphatic rings. The van der Waals surface area contributed by atoms with Crippen LogP contribution < -0.4 is 15.5 Å². The molecular weight excluding hydrogens is 354 g/mol. The lowest BCUT2D eigenvalue weighted by Crippen LogP contribution is -2.46. The van der Waals surface area contributed by atoms with Crippen molar-refractivity contribution in [2.75, 3.05) is 38.3 Å². The Kier molecular flexibility index (Phi) is 7.71. The maximum absolute atomic E-state index is 12.6. The molecule has 0 atom stereocenters. The summed E-state index contributed by atoms with van der Waals surface area (Å²) in [7, 11) is 1.66. The van der Waals surface area contributed by atoms with E-state index in [1.807, 2.05) is 24.3 Å². The van der Waals surface area contributed by atoms with Gasteiger partial charge in [0, 0.05) is 51.0 Å². The second kappa shape index (κ2) is 10.5. The molecule has 0 radical (unpaired) electrons. The minimum atomic E-state index is -0.0386. The summed E-state index contributed by atoms with van der Waals surface area (Å²) in [5, 5.41) is 6.23. The monoisotopic (exact) mass is 387 g/mol. The largest absolute Gasteiger partial charge is 0.385 e. The van der Waals surface area contributed by atoms with Crippen molar-refractivity contribution in [3.05, 3.63) is 29.8 Å². The number of ether oxygens (including phenoxy) is 1. The molecule has 6 heteroatoms. The van der Waals surface area contributed by atoms with Crippen LogP contribution in [0, 0.1) is 5.92 Å². The lowest BCUT2D eigenvalue weighted by Gasteiger charge is -2.35. The fourth-order valence-electron chi connectivity index (χ4n) is 4.23. The number of carbonyl (C=O) groups excluding carboxylic acids is 2. The molecule has 3 rings (SSSR count). The summed E-state index contributed by atoms with van der Waals surface area (Å²) in [6, 6.07) is 8.03. The summed E-state index contributed by atoms with van der Waals surface area (Å²) in [4.78, 5) is 27.2. The van der Waals surface area contributed by atoms with E-state index in [0.29, 0.717) is 18.7 Å². The van der Waals surface area contributed by atoms with Crippen molar-refractivity contribution >= 4 is 17.5 Å². The minimum absolute atomic E-state index is 0.0386. The highest BCUT2D eigenvalue weighted by molar-refractivity contribution is 5.99. The van der Waals surface area contributed by atoms with Gasteiger partial charge < -0.3 is 20.3 Å². The first-order valence-corrected chi connectivity index (χ1v) is 10.6. The SMILES string of the molecule is COCCCNC(=O)c1ccccc1N1CCC(NC(=O)C2CCCC2)CC1. The maximum atomic E-state index is 12.6. The van der Waals surface area contributed by atoms with Crippen LogP contribution >= 0.6 is 0 Å². The quantitative estimate of drug-likeness (QED) is 0.673. The van der Waals surface area contributed by atoms with Crippen molar-refractivity contribution in [1.82, 2.24) is 10.6 Å². The number of hydrogen-bond acceptors (Lipinski definition) is 4. The highest BCUT2D eigenvalue weighted by Gasteiger charge is 2.27. The fourth-order valence-corrected chi connectivity index (χ4v) is 4.23. The summed E-state index contributed by atoms with van der Waals surface area (Å²) in [6.07, 6.45) is 7.08. The van der Waals surface area contributed by atoms with E-state index >= 15 is 0 Å². The predicted octanol–water partition coefficient (Wildman–Crippen LogP) is 2.73. The van der Waals surface area contributed by atoms with Crippen molar-refractivity contribution < 1.29 is 14.3 Å². The Balaban J connectivity index is 1.52. The molecule has 28 heavy (non-hydrogen) atoms. The van der Waals surface area contributed by atoms with E-state index in [0.717, 1.165) is 50.9 Å². The normalized spacial score (nSPS) is 18.2. The van der Waals surface area contributed by atoms with Gasteiger partial charge in [-0.3, -0.25) is 9.59 Å². The molecule has 0 spiro atoms. The van der Waals surface area contributed by atoms with Crippen LogP contribution in [0.5, 0.6) is 0 Å². The first-order valence-electron chi connectivity index (χ1n) is 10.6. The molecule has 6 nitrogen and oxygen atoms in total. The average molecular weight is 388 g/mol. The van der Waals surface area contributed by atoms with Gasteiger partial charge in [0.25, 0.3) is 5.91 Å². The molecule has 0 aromatic heterocycles. The third-order valence-electron chi connectivity index (χ3n) is 5.87. The van der Waals surface area contributed by atoms with Gasteiger partial charge in [-0.25, -0.2) is 0 Å². The van der Waals surface area contributed by atoms with Crippen LogP contribution in [0.15, 0.2) is 24.3 Å². The zero-order chi connectivity index (χ0) is 19.8. The van der Waals surface area contributed by atoms with E-state index in [-0.39, 0.29) is 23.8 Å². The molecule has 1 aliphatic carbocycles. The molecule has 1 aliphatic heterocycles. The smallest absolute Gasteiger partial charge is 0.253 e. The Morgan fingerprint density at radius 1 is 1.11 bits per heavy atom. The number of nitrogens with one attached hydrogen (secondary N) is 2. The van der Waals surface area contributed by atoms with Crippen molar-refractivity contribution in [1.29, 1.82) is 0 Å². The van der Waals surface area contributed by atoms with Gasteiger partial charge >= 0.3 is 0 Å².